The Balaban J connectivity index is 1.85. The second-order valence-corrected chi connectivity index (χ2v) is 5.44. The van der Waals surface area contributed by atoms with Crippen LogP contribution in [0.25, 0.3) is 11.1 Å². The van der Waals surface area contributed by atoms with Crippen LogP contribution in [-0.4, -0.2) is 43.5 Å². The Labute approximate surface area is 142 Å². The summed E-state index contributed by atoms with van der Waals surface area (Å²) in [4.78, 5) is 24.1. The van der Waals surface area contributed by atoms with Crippen molar-refractivity contribution < 1.29 is 14.3 Å². The van der Waals surface area contributed by atoms with Gasteiger partial charge >= 0.3 is 0 Å². The number of rotatable bonds is 7. The summed E-state index contributed by atoms with van der Waals surface area (Å²) >= 11 is 0. The SMILES string of the molecule is CC(=O)N(C)CC(=O)NCCOc1ccccc1-c1ccccc1. The van der Waals surface area contributed by atoms with Crippen LogP contribution in [0, 0.1) is 0 Å². The van der Waals surface area contributed by atoms with E-state index in [1.165, 1.54) is 11.8 Å². The normalized spacial score (nSPS) is 10.1. The molecule has 0 aliphatic heterocycles. The summed E-state index contributed by atoms with van der Waals surface area (Å²) in [6.07, 6.45) is 0. The first-order valence-electron chi connectivity index (χ1n) is 7.83. The Morgan fingerprint density at radius 2 is 1.71 bits per heavy atom. The Bertz CT molecular complexity index is 686. The zero-order valence-corrected chi connectivity index (χ0v) is 14.0. The molecule has 2 aromatic carbocycles. The van der Waals surface area contributed by atoms with E-state index in [1.807, 2.05) is 54.6 Å². The second-order valence-electron chi connectivity index (χ2n) is 5.44. The minimum absolute atomic E-state index is 0.0515. The van der Waals surface area contributed by atoms with Crippen molar-refractivity contribution in [3.8, 4) is 16.9 Å². The molecule has 0 saturated heterocycles. The minimum Gasteiger partial charge on any atom is -0.491 e. The molecular formula is C19H22N2O3. The van der Waals surface area contributed by atoms with Crippen molar-refractivity contribution in [2.75, 3.05) is 26.7 Å². The Morgan fingerprint density at radius 1 is 1.04 bits per heavy atom. The number of para-hydroxylation sites is 1. The van der Waals surface area contributed by atoms with Crippen LogP contribution in [0.3, 0.4) is 0 Å². The predicted molar refractivity (Wildman–Crippen MR) is 93.7 cm³/mol. The third-order valence-corrected chi connectivity index (χ3v) is 3.57. The van der Waals surface area contributed by atoms with Crippen molar-refractivity contribution in [2.45, 2.75) is 6.92 Å². The molecule has 0 atom stereocenters. The highest BCUT2D eigenvalue weighted by Crippen LogP contribution is 2.29. The average Bonchev–Trinajstić information content (AvgIpc) is 2.59. The molecule has 2 amide bonds. The fourth-order valence-corrected chi connectivity index (χ4v) is 2.18. The number of carbonyl (C=O) groups excluding carboxylic acids is 2. The molecule has 0 fully saturated rings. The zero-order chi connectivity index (χ0) is 17.4. The summed E-state index contributed by atoms with van der Waals surface area (Å²) < 4.78 is 5.80. The van der Waals surface area contributed by atoms with Crippen LogP contribution in [0.15, 0.2) is 54.6 Å². The number of nitrogens with one attached hydrogen (secondary N) is 1. The van der Waals surface area contributed by atoms with Crippen LogP contribution in [-0.2, 0) is 9.59 Å². The lowest BCUT2D eigenvalue weighted by atomic mass is 10.1. The van der Waals surface area contributed by atoms with Gasteiger partial charge in [-0.2, -0.15) is 0 Å². The summed E-state index contributed by atoms with van der Waals surface area (Å²) in [5.41, 5.74) is 2.10. The summed E-state index contributed by atoms with van der Waals surface area (Å²) in [7, 11) is 1.59. The highest BCUT2D eigenvalue weighted by atomic mass is 16.5. The largest absolute Gasteiger partial charge is 0.491 e. The molecule has 0 bridgehead atoms. The zero-order valence-electron chi connectivity index (χ0n) is 14.0. The van der Waals surface area contributed by atoms with Crippen LogP contribution < -0.4 is 10.1 Å². The fourth-order valence-electron chi connectivity index (χ4n) is 2.18. The maximum absolute atomic E-state index is 11.7. The monoisotopic (exact) mass is 326 g/mol. The first kappa shape index (κ1) is 17.5. The summed E-state index contributed by atoms with van der Waals surface area (Å²) in [6, 6.07) is 17.8. The van der Waals surface area contributed by atoms with Crippen molar-refractivity contribution in [3.63, 3.8) is 0 Å². The lowest BCUT2D eigenvalue weighted by molar-refractivity contribution is -0.133. The molecule has 24 heavy (non-hydrogen) atoms. The number of benzene rings is 2. The molecule has 1 N–H and O–H groups in total. The van der Waals surface area contributed by atoms with Crippen molar-refractivity contribution in [1.29, 1.82) is 0 Å². The molecule has 5 nitrogen and oxygen atoms in total. The fraction of sp³-hybridized carbons (Fsp3) is 0.263. The van der Waals surface area contributed by atoms with E-state index in [4.69, 9.17) is 4.74 Å². The van der Waals surface area contributed by atoms with Crippen LogP contribution in [0.1, 0.15) is 6.92 Å². The molecule has 0 aromatic heterocycles. The van der Waals surface area contributed by atoms with Gasteiger partial charge in [0.25, 0.3) is 0 Å². The van der Waals surface area contributed by atoms with E-state index in [1.54, 1.807) is 7.05 Å². The smallest absolute Gasteiger partial charge is 0.239 e. The Hall–Kier alpha value is -2.82. The third-order valence-electron chi connectivity index (χ3n) is 3.57. The van der Waals surface area contributed by atoms with E-state index < -0.39 is 0 Å². The molecule has 2 aromatic rings. The second kappa shape index (κ2) is 8.72. The Kier molecular flexibility index (Phi) is 6.37. The van der Waals surface area contributed by atoms with Crippen LogP contribution in [0.2, 0.25) is 0 Å². The molecule has 0 aliphatic carbocycles. The molecule has 0 saturated carbocycles. The van der Waals surface area contributed by atoms with E-state index in [-0.39, 0.29) is 18.4 Å². The highest BCUT2D eigenvalue weighted by molar-refractivity contribution is 5.83. The van der Waals surface area contributed by atoms with E-state index >= 15 is 0 Å². The lowest BCUT2D eigenvalue weighted by Crippen LogP contribution is -2.38. The molecule has 0 aliphatic rings. The number of hydrogen-bond acceptors (Lipinski definition) is 3. The average molecular weight is 326 g/mol. The standard InChI is InChI=1S/C19H22N2O3/c1-15(22)21(2)14-19(23)20-12-13-24-18-11-7-6-10-17(18)16-8-4-3-5-9-16/h3-11H,12-14H2,1-2H3,(H,20,23). The lowest BCUT2D eigenvalue weighted by Gasteiger charge is -2.15. The van der Waals surface area contributed by atoms with E-state index in [0.717, 1.165) is 16.9 Å². The molecule has 2 rings (SSSR count). The van der Waals surface area contributed by atoms with Crippen molar-refractivity contribution in [2.24, 2.45) is 0 Å². The predicted octanol–water partition coefficient (Wildman–Crippen LogP) is 2.33. The number of nitrogens with zero attached hydrogens (tertiary/aromatic N) is 1. The summed E-state index contributed by atoms with van der Waals surface area (Å²) in [5, 5.41) is 2.74. The number of carbonyl (C=O) groups is 2. The van der Waals surface area contributed by atoms with E-state index in [2.05, 4.69) is 5.32 Å². The summed E-state index contributed by atoms with van der Waals surface area (Å²) in [6.45, 7) is 2.22. The van der Waals surface area contributed by atoms with E-state index in [0.29, 0.717) is 13.2 Å². The van der Waals surface area contributed by atoms with Gasteiger partial charge in [-0.15, -0.1) is 0 Å². The van der Waals surface area contributed by atoms with Gasteiger partial charge in [0.1, 0.15) is 12.4 Å². The first-order valence-corrected chi connectivity index (χ1v) is 7.83. The molecule has 0 radical (unpaired) electrons. The van der Waals surface area contributed by atoms with Gasteiger partial charge < -0.3 is 15.0 Å². The number of amides is 2. The molecular weight excluding hydrogens is 304 g/mol. The van der Waals surface area contributed by atoms with Gasteiger partial charge in [0.2, 0.25) is 11.8 Å². The van der Waals surface area contributed by atoms with Crippen molar-refractivity contribution in [1.82, 2.24) is 10.2 Å². The maximum Gasteiger partial charge on any atom is 0.239 e. The number of likely N-dealkylation sites (N-methyl/N-ethyl adjacent to an activating group) is 1. The van der Waals surface area contributed by atoms with Gasteiger partial charge in [-0.3, -0.25) is 9.59 Å². The highest BCUT2D eigenvalue weighted by Gasteiger charge is 2.09. The van der Waals surface area contributed by atoms with Gasteiger partial charge in [0.05, 0.1) is 13.1 Å². The summed E-state index contributed by atoms with van der Waals surface area (Å²) in [5.74, 6) is 0.435. The quantitative estimate of drug-likeness (QED) is 0.795. The van der Waals surface area contributed by atoms with Gasteiger partial charge in [0.15, 0.2) is 0 Å². The maximum atomic E-state index is 11.7. The van der Waals surface area contributed by atoms with Crippen molar-refractivity contribution >= 4 is 11.8 Å². The number of hydrogen-bond donors (Lipinski definition) is 1. The molecule has 0 spiro atoms. The van der Waals surface area contributed by atoms with Crippen molar-refractivity contribution in [3.05, 3.63) is 54.6 Å². The first-order chi connectivity index (χ1) is 11.6. The molecule has 126 valence electrons. The molecule has 5 heteroatoms. The third kappa shape index (κ3) is 5.12. The van der Waals surface area contributed by atoms with Crippen LogP contribution in [0.5, 0.6) is 5.75 Å². The van der Waals surface area contributed by atoms with Gasteiger partial charge in [0, 0.05) is 19.5 Å². The van der Waals surface area contributed by atoms with Gasteiger partial charge in [-0.05, 0) is 11.6 Å². The topological polar surface area (TPSA) is 58.6 Å². The van der Waals surface area contributed by atoms with Gasteiger partial charge in [-0.25, -0.2) is 0 Å². The number of ether oxygens (including phenoxy) is 1. The van der Waals surface area contributed by atoms with Crippen LogP contribution in [0.4, 0.5) is 0 Å². The Morgan fingerprint density at radius 3 is 2.42 bits per heavy atom. The molecule has 0 unspecified atom stereocenters. The van der Waals surface area contributed by atoms with E-state index in [9.17, 15) is 9.59 Å². The minimum atomic E-state index is -0.201. The van der Waals surface area contributed by atoms with Crippen LogP contribution >= 0.6 is 0 Å². The molecule has 0 heterocycles. The van der Waals surface area contributed by atoms with Gasteiger partial charge in [-0.1, -0.05) is 48.5 Å².